The topological polar surface area (TPSA) is 17.1 Å². The molecular weight excluding hydrogens is 192 g/mol. The molecule has 0 bridgehead atoms. The summed E-state index contributed by atoms with van der Waals surface area (Å²) in [5.41, 5.74) is 2.35. The van der Waals surface area contributed by atoms with E-state index in [1.54, 1.807) is 5.41 Å². The third kappa shape index (κ3) is 1.40. The molecule has 74 valence electrons. The fourth-order valence-electron chi connectivity index (χ4n) is 1.63. The summed E-state index contributed by atoms with van der Waals surface area (Å²) in [4.78, 5) is 0.877. The molecule has 14 heavy (non-hydrogen) atoms. The Balaban J connectivity index is 2.61. The van der Waals surface area contributed by atoms with E-state index in [-0.39, 0.29) is 0 Å². The minimum Gasteiger partial charge on any atom is -0.259 e. The van der Waals surface area contributed by atoms with E-state index >= 15 is 0 Å². The molecule has 0 aromatic heterocycles. The monoisotopic (exact) mass is 206 g/mol. The lowest BCUT2D eigenvalue weighted by molar-refractivity contribution is 0.687. The smallest absolute Gasteiger partial charge is 0.0417 e. The summed E-state index contributed by atoms with van der Waals surface area (Å²) in [6, 6.07) is 6.09. The van der Waals surface area contributed by atoms with Gasteiger partial charge in [-0.05, 0) is 40.5 Å². The summed E-state index contributed by atoms with van der Waals surface area (Å²) < 4.78 is 11.9. The van der Waals surface area contributed by atoms with Crippen LogP contribution in [0.15, 0.2) is 28.5 Å². The zero-order chi connectivity index (χ0) is 10.3. The van der Waals surface area contributed by atoms with Crippen LogP contribution in [0.2, 0.25) is 0 Å². The molecule has 0 amide bonds. The Hall–Kier alpha value is -1.02. The maximum Gasteiger partial charge on any atom is 0.0417 e. The fraction of sp³-hybridized carbons (Fsp3) is 0.250. The van der Waals surface area contributed by atoms with Crippen LogP contribution < -0.4 is 0 Å². The van der Waals surface area contributed by atoms with Gasteiger partial charge in [0.2, 0.25) is 0 Å². The molecule has 0 fully saturated rings. The highest BCUT2D eigenvalue weighted by atomic mass is 32.2. The molecule has 2 rings (SSSR count). The SMILES string of the molecule is C=S1(=O)C=Cc2cc(C(C)C)ccc21. The standard InChI is InChI=1S/C12H14OS/c1-9(2)10-4-5-12-11(8-10)6-7-14(12,3)13/h4-9H,3H2,1-2H3. The van der Waals surface area contributed by atoms with E-state index in [0.717, 1.165) is 10.5 Å². The van der Waals surface area contributed by atoms with Crippen LogP contribution in [-0.4, -0.2) is 10.1 Å². The highest BCUT2D eigenvalue weighted by molar-refractivity contribution is 8.03. The van der Waals surface area contributed by atoms with Gasteiger partial charge >= 0.3 is 0 Å². The van der Waals surface area contributed by atoms with Gasteiger partial charge < -0.3 is 0 Å². The van der Waals surface area contributed by atoms with Crippen LogP contribution in [0.5, 0.6) is 0 Å². The Kier molecular flexibility index (Phi) is 2.04. The largest absolute Gasteiger partial charge is 0.259 e. The van der Waals surface area contributed by atoms with E-state index in [1.807, 2.05) is 18.2 Å². The van der Waals surface area contributed by atoms with Gasteiger partial charge in [-0.15, -0.1) is 0 Å². The summed E-state index contributed by atoms with van der Waals surface area (Å²) in [5.74, 6) is 4.24. The molecule has 1 aliphatic heterocycles. The number of fused-ring (bicyclic) bond motifs is 1. The van der Waals surface area contributed by atoms with Crippen molar-refractivity contribution in [1.29, 1.82) is 0 Å². The molecule has 1 unspecified atom stereocenters. The molecule has 0 aliphatic carbocycles. The van der Waals surface area contributed by atoms with Crippen LogP contribution in [0.1, 0.15) is 30.9 Å². The van der Waals surface area contributed by atoms with Crippen molar-refractivity contribution in [3.63, 3.8) is 0 Å². The Labute approximate surface area is 85.5 Å². The van der Waals surface area contributed by atoms with Crippen molar-refractivity contribution in [2.24, 2.45) is 0 Å². The lowest BCUT2D eigenvalue weighted by atomic mass is 10.0. The average Bonchev–Trinajstić information content (AvgIpc) is 2.42. The minimum atomic E-state index is -2.13. The molecule has 2 heteroatoms. The normalized spacial score (nSPS) is 24.2. The molecule has 1 atom stereocenters. The lowest BCUT2D eigenvalue weighted by Crippen LogP contribution is -1.95. The minimum absolute atomic E-state index is 0.509. The molecule has 1 aromatic rings. The Bertz CT molecular complexity index is 493. The van der Waals surface area contributed by atoms with Crippen LogP contribution in [0.4, 0.5) is 0 Å². The second kappa shape index (κ2) is 2.99. The molecule has 0 radical (unpaired) electrons. The van der Waals surface area contributed by atoms with Gasteiger partial charge in [-0.25, -0.2) is 0 Å². The van der Waals surface area contributed by atoms with Crippen molar-refractivity contribution < 1.29 is 4.21 Å². The zero-order valence-corrected chi connectivity index (χ0v) is 9.30. The van der Waals surface area contributed by atoms with Gasteiger partial charge in [0.05, 0.1) is 0 Å². The van der Waals surface area contributed by atoms with Gasteiger partial charge in [0.15, 0.2) is 0 Å². The van der Waals surface area contributed by atoms with Crippen LogP contribution in [0.3, 0.4) is 0 Å². The van der Waals surface area contributed by atoms with Crippen molar-refractivity contribution in [3.8, 4) is 0 Å². The Morgan fingerprint density at radius 1 is 1.36 bits per heavy atom. The summed E-state index contributed by atoms with van der Waals surface area (Å²) in [7, 11) is -2.13. The summed E-state index contributed by atoms with van der Waals surface area (Å²) in [5, 5.41) is 1.71. The van der Waals surface area contributed by atoms with Crippen LogP contribution in [0.25, 0.3) is 6.08 Å². The third-order valence-electron chi connectivity index (χ3n) is 2.54. The molecule has 1 aromatic carbocycles. The van der Waals surface area contributed by atoms with Gasteiger partial charge in [0.1, 0.15) is 0 Å². The lowest BCUT2D eigenvalue weighted by Gasteiger charge is -2.08. The first-order valence-corrected chi connectivity index (χ1v) is 6.49. The van der Waals surface area contributed by atoms with Crippen LogP contribution in [0, 0.1) is 0 Å². The van der Waals surface area contributed by atoms with Crippen molar-refractivity contribution in [2.45, 2.75) is 24.7 Å². The number of hydrogen-bond acceptors (Lipinski definition) is 1. The molecule has 0 saturated carbocycles. The molecule has 1 nitrogen and oxygen atoms in total. The Morgan fingerprint density at radius 3 is 2.71 bits per heavy atom. The summed E-state index contributed by atoms with van der Waals surface area (Å²) >= 11 is 0. The van der Waals surface area contributed by atoms with Gasteiger partial charge in [-0.3, -0.25) is 4.21 Å². The maximum atomic E-state index is 11.9. The molecule has 0 saturated heterocycles. The van der Waals surface area contributed by atoms with Crippen LogP contribution in [-0.2, 0) is 9.52 Å². The predicted molar refractivity (Wildman–Crippen MR) is 63.1 cm³/mol. The summed E-state index contributed by atoms with van der Waals surface area (Å²) in [6.07, 6.45) is 1.91. The highest BCUT2D eigenvalue weighted by Crippen LogP contribution is 2.29. The third-order valence-corrected chi connectivity index (χ3v) is 4.23. The average molecular weight is 206 g/mol. The van der Waals surface area contributed by atoms with E-state index in [2.05, 4.69) is 25.8 Å². The molecule has 1 aliphatic rings. The van der Waals surface area contributed by atoms with Gasteiger partial charge in [0, 0.05) is 14.4 Å². The van der Waals surface area contributed by atoms with Gasteiger partial charge in [-0.1, -0.05) is 26.0 Å². The zero-order valence-electron chi connectivity index (χ0n) is 8.49. The van der Waals surface area contributed by atoms with Crippen molar-refractivity contribution in [3.05, 3.63) is 34.7 Å². The van der Waals surface area contributed by atoms with E-state index in [1.165, 1.54) is 5.56 Å². The second-order valence-corrected chi connectivity index (χ2v) is 6.15. The predicted octanol–water partition coefficient (Wildman–Crippen LogP) is 2.87. The van der Waals surface area contributed by atoms with Crippen LogP contribution >= 0.6 is 0 Å². The number of rotatable bonds is 1. The maximum absolute atomic E-state index is 11.9. The van der Waals surface area contributed by atoms with Gasteiger partial charge in [0.25, 0.3) is 0 Å². The van der Waals surface area contributed by atoms with E-state index < -0.39 is 9.52 Å². The first-order valence-electron chi connectivity index (χ1n) is 4.70. The van der Waals surface area contributed by atoms with E-state index in [0.29, 0.717) is 5.92 Å². The molecule has 0 spiro atoms. The molecular formula is C12H14OS. The molecule has 0 N–H and O–H groups in total. The molecule has 1 heterocycles. The fourth-order valence-corrected chi connectivity index (χ4v) is 2.96. The second-order valence-electron chi connectivity index (χ2n) is 3.98. The summed E-state index contributed by atoms with van der Waals surface area (Å²) in [6.45, 7) is 4.31. The Morgan fingerprint density at radius 2 is 2.07 bits per heavy atom. The number of hydrogen-bond donors (Lipinski definition) is 0. The van der Waals surface area contributed by atoms with Gasteiger partial charge in [-0.2, -0.15) is 0 Å². The first kappa shape index (κ1) is 9.53. The van der Waals surface area contributed by atoms with E-state index in [9.17, 15) is 4.21 Å². The van der Waals surface area contributed by atoms with Crippen molar-refractivity contribution in [2.75, 3.05) is 0 Å². The van der Waals surface area contributed by atoms with E-state index in [4.69, 9.17) is 0 Å². The highest BCUT2D eigenvalue weighted by Gasteiger charge is 2.15. The first-order chi connectivity index (χ1) is 6.50. The van der Waals surface area contributed by atoms with Crippen molar-refractivity contribution >= 4 is 21.5 Å². The quantitative estimate of drug-likeness (QED) is 0.646. The van der Waals surface area contributed by atoms with Crippen molar-refractivity contribution in [1.82, 2.24) is 0 Å². The number of benzene rings is 1.